The summed E-state index contributed by atoms with van der Waals surface area (Å²) in [5.41, 5.74) is 2.35. The van der Waals surface area contributed by atoms with Crippen molar-refractivity contribution < 1.29 is 19.4 Å². The van der Waals surface area contributed by atoms with Crippen molar-refractivity contribution in [1.82, 2.24) is 0 Å². The fraction of sp³-hybridized carbons (Fsp3) is 0.500. The Bertz CT molecular complexity index is 568. The smallest absolute Gasteiger partial charge is 0.336 e. The highest BCUT2D eigenvalue weighted by Gasteiger charge is 2.26. The zero-order valence-corrected chi connectivity index (χ0v) is 12.6. The van der Waals surface area contributed by atoms with E-state index in [1.807, 2.05) is 13.8 Å². The summed E-state index contributed by atoms with van der Waals surface area (Å²) in [4.78, 5) is 23.5. The number of anilines is 1. The first-order valence-electron chi connectivity index (χ1n) is 7.15. The van der Waals surface area contributed by atoms with Crippen molar-refractivity contribution in [2.45, 2.75) is 39.7 Å². The number of carboxylic acid groups (broad SMARTS) is 1. The summed E-state index contributed by atoms with van der Waals surface area (Å²) in [7, 11) is 0. The van der Waals surface area contributed by atoms with Crippen LogP contribution in [0.3, 0.4) is 0 Å². The van der Waals surface area contributed by atoms with Crippen molar-refractivity contribution in [1.29, 1.82) is 0 Å². The van der Waals surface area contributed by atoms with Crippen LogP contribution in [0.4, 0.5) is 5.69 Å². The molecular formula is C16H21NO4. The van der Waals surface area contributed by atoms with Crippen LogP contribution in [0.15, 0.2) is 12.1 Å². The highest BCUT2D eigenvalue weighted by molar-refractivity contribution is 5.96. The van der Waals surface area contributed by atoms with Crippen molar-refractivity contribution in [3.8, 4) is 0 Å². The molecule has 2 N–H and O–H groups in total. The number of carboxylic acids is 1. The molecule has 1 aromatic carbocycles. The van der Waals surface area contributed by atoms with Gasteiger partial charge in [0.25, 0.3) is 0 Å². The van der Waals surface area contributed by atoms with Crippen LogP contribution in [0.2, 0.25) is 0 Å². The molecule has 0 aromatic heterocycles. The molecule has 2 rings (SSSR count). The van der Waals surface area contributed by atoms with E-state index in [9.17, 15) is 9.59 Å². The number of aromatic carboxylic acids is 1. The maximum absolute atomic E-state index is 12.3. The SMILES string of the molecule is Cc1cc(C)c(C(=O)O)cc1NC(=O)[C@H]1CCO[C@H](C)C1. The highest BCUT2D eigenvalue weighted by atomic mass is 16.5. The largest absolute Gasteiger partial charge is 0.478 e. The molecule has 1 aliphatic rings. The Morgan fingerprint density at radius 2 is 2.00 bits per heavy atom. The second kappa shape index (κ2) is 6.26. The Balaban J connectivity index is 2.17. The summed E-state index contributed by atoms with van der Waals surface area (Å²) in [5, 5.41) is 12.0. The average Bonchev–Trinajstić information content (AvgIpc) is 2.41. The van der Waals surface area contributed by atoms with E-state index in [1.54, 1.807) is 13.0 Å². The van der Waals surface area contributed by atoms with E-state index in [2.05, 4.69) is 5.32 Å². The van der Waals surface area contributed by atoms with E-state index < -0.39 is 5.97 Å². The summed E-state index contributed by atoms with van der Waals surface area (Å²) >= 11 is 0. The van der Waals surface area contributed by atoms with Gasteiger partial charge in [-0.3, -0.25) is 4.79 Å². The highest BCUT2D eigenvalue weighted by Crippen LogP contribution is 2.25. The summed E-state index contributed by atoms with van der Waals surface area (Å²) in [5.74, 6) is -1.13. The van der Waals surface area contributed by atoms with Crippen LogP contribution in [0.25, 0.3) is 0 Å². The second-order valence-corrected chi connectivity index (χ2v) is 5.68. The van der Waals surface area contributed by atoms with Crippen LogP contribution < -0.4 is 5.32 Å². The number of amides is 1. The number of carbonyl (C=O) groups is 2. The lowest BCUT2D eigenvalue weighted by Crippen LogP contribution is -2.32. The third kappa shape index (κ3) is 3.61. The fourth-order valence-corrected chi connectivity index (χ4v) is 2.69. The van der Waals surface area contributed by atoms with Gasteiger partial charge in [0.15, 0.2) is 0 Å². The minimum atomic E-state index is -0.984. The predicted octanol–water partition coefficient (Wildman–Crippen LogP) is 2.76. The van der Waals surface area contributed by atoms with Crippen LogP contribution in [0.5, 0.6) is 0 Å². The van der Waals surface area contributed by atoms with Gasteiger partial charge in [-0.2, -0.15) is 0 Å². The first-order chi connectivity index (χ1) is 9.88. The molecule has 5 heteroatoms. The van der Waals surface area contributed by atoms with Gasteiger partial charge in [-0.15, -0.1) is 0 Å². The van der Waals surface area contributed by atoms with Gasteiger partial charge in [0.05, 0.1) is 11.7 Å². The standard InChI is InChI=1S/C16H21NO4/c1-9-6-10(2)14(8-13(9)16(19)20)17-15(18)12-4-5-21-11(3)7-12/h6,8,11-12H,4-5,7H2,1-3H3,(H,17,18)(H,19,20)/t11-,12+/m1/s1. The van der Waals surface area contributed by atoms with Crippen molar-refractivity contribution in [2.75, 3.05) is 11.9 Å². The van der Waals surface area contributed by atoms with E-state index in [1.165, 1.54) is 6.07 Å². The minimum absolute atomic E-state index is 0.0616. The molecule has 1 fully saturated rings. The van der Waals surface area contributed by atoms with Crippen molar-refractivity contribution in [2.24, 2.45) is 5.92 Å². The van der Waals surface area contributed by atoms with E-state index in [-0.39, 0.29) is 23.5 Å². The maximum atomic E-state index is 12.3. The van der Waals surface area contributed by atoms with E-state index >= 15 is 0 Å². The summed E-state index contributed by atoms with van der Waals surface area (Å²) in [6, 6.07) is 3.32. The molecule has 114 valence electrons. The molecule has 0 bridgehead atoms. The van der Waals surface area contributed by atoms with Gasteiger partial charge >= 0.3 is 5.97 Å². The van der Waals surface area contributed by atoms with Crippen molar-refractivity contribution >= 4 is 17.6 Å². The second-order valence-electron chi connectivity index (χ2n) is 5.68. The van der Waals surface area contributed by atoms with Gasteiger partial charge in [0.1, 0.15) is 0 Å². The summed E-state index contributed by atoms with van der Waals surface area (Å²) in [6.07, 6.45) is 1.48. The molecule has 1 saturated heterocycles. The molecule has 5 nitrogen and oxygen atoms in total. The monoisotopic (exact) mass is 291 g/mol. The van der Waals surface area contributed by atoms with Crippen molar-refractivity contribution in [3.63, 3.8) is 0 Å². The Labute approximate surface area is 124 Å². The van der Waals surface area contributed by atoms with Crippen molar-refractivity contribution in [3.05, 3.63) is 28.8 Å². The predicted molar refractivity (Wildman–Crippen MR) is 79.6 cm³/mol. The Morgan fingerprint density at radius 1 is 1.29 bits per heavy atom. The Hall–Kier alpha value is -1.88. The van der Waals surface area contributed by atoms with Gasteiger partial charge < -0.3 is 15.2 Å². The first-order valence-corrected chi connectivity index (χ1v) is 7.15. The number of hydrogen-bond donors (Lipinski definition) is 2. The lowest BCUT2D eigenvalue weighted by Gasteiger charge is -2.26. The molecule has 0 unspecified atom stereocenters. The third-order valence-electron chi connectivity index (χ3n) is 3.92. The number of aryl methyl sites for hydroxylation is 2. The quantitative estimate of drug-likeness (QED) is 0.898. The summed E-state index contributed by atoms with van der Waals surface area (Å²) < 4.78 is 5.44. The molecule has 0 radical (unpaired) electrons. The molecule has 1 aliphatic heterocycles. The van der Waals surface area contributed by atoms with Crippen LogP contribution in [-0.2, 0) is 9.53 Å². The lowest BCUT2D eigenvalue weighted by atomic mass is 9.95. The number of ether oxygens (including phenoxy) is 1. The zero-order chi connectivity index (χ0) is 15.6. The molecule has 1 amide bonds. The molecule has 0 spiro atoms. The van der Waals surface area contributed by atoms with E-state index in [0.29, 0.717) is 30.7 Å². The van der Waals surface area contributed by atoms with E-state index in [0.717, 1.165) is 5.56 Å². The molecule has 0 aliphatic carbocycles. The molecule has 2 atom stereocenters. The third-order valence-corrected chi connectivity index (χ3v) is 3.92. The maximum Gasteiger partial charge on any atom is 0.336 e. The number of benzene rings is 1. The van der Waals surface area contributed by atoms with E-state index in [4.69, 9.17) is 9.84 Å². The lowest BCUT2D eigenvalue weighted by molar-refractivity contribution is -0.124. The number of carbonyl (C=O) groups excluding carboxylic acids is 1. The van der Waals surface area contributed by atoms with Gasteiger partial charge in [0, 0.05) is 18.2 Å². The van der Waals surface area contributed by atoms with Crippen LogP contribution in [0.1, 0.15) is 41.3 Å². The number of rotatable bonds is 3. The van der Waals surface area contributed by atoms with Gasteiger partial charge in [-0.05, 0) is 50.8 Å². The normalized spacial score (nSPS) is 21.9. The number of nitrogens with one attached hydrogen (secondary N) is 1. The van der Waals surface area contributed by atoms with Crippen LogP contribution >= 0.6 is 0 Å². The molecular weight excluding hydrogens is 270 g/mol. The fourth-order valence-electron chi connectivity index (χ4n) is 2.69. The Morgan fingerprint density at radius 3 is 2.62 bits per heavy atom. The molecule has 21 heavy (non-hydrogen) atoms. The zero-order valence-electron chi connectivity index (χ0n) is 12.6. The Kier molecular flexibility index (Phi) is 4.63. The topological polar surface area (TPSA) is 75.6 Å². The van der Waals surface area contributed by atoms with Gasteiger partial charge in [0.2, 0.25) is 5.91 Å². The van der Waals surface area contributed by atoms with Crippen LogP contribution in [0, 0.1) is 19.8 Å². The van der Waals surface area contributed by atoms with Crippen LogP contribution in [-0.4, -0.2) is 29.7 Å². The molecule has 1 heterocycles. The summed E-state index contributed by atoms with van der Waals surface area (Å²) in [6.45, 7) is 6.16. The molecule has 0 saturated carbocycles. The average molecular weight is 291 g/mol. The molecule has 1 aromatic rings. The van der Waals surface area contributed by atoms with Gasteiger partial charge in [-0.1, -0.05) is 6.07 Å². The van der Waals surface area contributed by atoms with Gasteiger partial charge in [-0.25, -0.2) is 4.79 Å². The first kappa shape index (κ1) is 15.5. The number of hydrogen-bond acceptors (Lipinski definition) is 3. The minimum Gasteiger partial charge on any atom is -0.478 e.